The third-order valence-electron chi connectivity index (χ3n) is 8.24. The van der Waals surface area contributed by atoms with Gasteiger partial charge in [-0.1, -0.05) is 49.4 Å². The fourth-order valence-electron chi connectivity index (χ4n) is 6.47. The molecule has 4 rings (SSSR count). The number of carbonyl (C=O) groups excluding carboxylic acids is 3. The van der Waals surface area contributed by atoms with Crippen molar-refractivity contribution in [2.24, 2.45) is 11.8 Å². The number of esters is 1. The Hall–Kier alpha value is -2.58. The molecule has 3 aliphatic rings. The van der Waals surface area contributed by atoms with Crippen molar-refractivity contribution in [1.82, 2.24) is 9.80 Å². The van der Waals surface area contributed by atoms with Crippen LogP contribution in [-0.4, -0.2) is 74.5 Å². The predicted molar refractivity (Wildman–Crippen MR) is 149 cm³/mol. The zero-order valence-electron chi connectivity index (χ0n) is 22.3. The van der Waals surface area contributed by atoms with Crippen molar-refractivity contribution in [3.05, 3.63) is 61.2 Å². The minimum atomic E-state index is -0.749. The van der Waals surface area contributed by atoms with Gasteiger partial charge in [0.25, 0.3) is 0 Å². The second-order valence-corrected chi connectivity index (χ2v) is 12.1. The Kier molecular flexibility index (Phi) is 9.36. The Balaban J connectivity index is 1.65. The molecule has 38 heavy (non-hydrogen) atoms. The van der Waals surface area contributed by atoms with Gasteiger partial charge in [-0.15, -0.1) is 24.9 Å². The standard InChI is InChI=1S/C30H40N2O5S/c1-4-7-8-12-18-37-29(36)24-23-15-16-30(38-23)25(24)27(34)32(22(6-3)20-33)26(30)28(35)31(17-5-2)19-21-13-10-9-11-14-21/h4-5,9-11,13-14,22-26,33H,1-2,6-8,12,15-20H2,3H3/t22-,23+,24-,25-,26?,30?/m0/s1. The van der Waals surface area contributed by atoms with Crippen LogP contribution in [0.4, 0.5) is 0 Å². The van der Waals surface area contributed by atoms with Gasteiger partial charge in [0.15, 0.2) is 0 Å². The number of thioether (sulfide) groups is 1. The average molecular weight is 541 g/mol. The number of aliphatic hydroxyl groups excluding tert-OH is 1. The molecule has 1 spiro atoms. The van der Waals surface area contributed by atoms with Crippen molar-refractivity contribution in [2.75, 3.05) is 19.8 Å². The summed E-state index contributed by atoms with van der Waals surface area (Å²) in [7, 11) is 0. The molecule has 0 aliphatic carbocycles. The highest BCUT2D eigenvalue weighted by Crippen LogP contribution is 2.67. The van der Waals surface area contributed by atoms with Crippen LogP contribution in [0.5, 0.6) is 0 Å². The van der Waals surface area contributed by atoms with E-state index < -0.39 is 28.7 Å². The highest BCUT2D eigenvalue weighted by Gasteiger charge is 2.74. The van der Waals surface area contributed by atoms with E-state index in [-0.39, 0.29) is 29.6 Å². The molecule has 3 fully saturated rings. The smallest absolute Gasteiger partial charge is 0.310 e. The number of carbonyl (C=O) groups is 3. The van der Waals surface area contributed by atoms with Crippen LogP contribution < -0.4 is 0 Å². The minimum absolute atomic E-state index is 0.0433. The summed E-state index contributed by atoms with van der Waals surface area (Å²) in [5.74, 6) is -1.88. The Morgan fingerprint density at radius 1 is 1.26 bits per heavy atom. The summed E-state index contributed by atoms with van der Waals surface area (Å²) in [5.41, 5.74) is 0.989. The van der Waals surface area contributed by atoms with Crippen LogP contribution in [-0.2, 0) is 25.7 Å². The summed E-state index contributed by atoms with van der Waals surface area (Å²) >= 11 is 1.63. The Morgan fingerprint density at radius 2 is 2.03 bits per heavy atom. The number of ether oxygens (including phenoxy) is 1. The topological polar surface area (TPSA) is 87.1 Å². The molecular weight excluding hydrogens is 500 g/mol. The molecule has 2 unspecified atom stereocenters. The molecule has 0 radical (unpaired) electrons. The van der Waals surface area contributed by atoms with Crippen LogP contribution in [0, 0.1) is 11.8 Å². The number of benzene rings is 1. The third kappa shape index (κ3) is 5.17. The first-order valence-electron chi connectivity index (χ1n) is 13.7. The van der Waals surface area contributed by atoms with E-state index in [0.29, 0.717) is 32.5 Å². The molecule has 1 aromatic rings. The van der Waals surface area contributed by atoms with Crippen LogP contribution >= 0.6 is 11.8 Å². The minimum Gasteiger partial charge on any atom is -0.465 e. The summed E-state index contributed by atoms with van der Waals surface area (Å²) in [6, 6.07) is 8.52. The van der Waals surface area contributed by atoms with E-state index in [2.05, 4.69) is 13.2 Å². The van der Waals surface area contributed by atoms with Gasteiger partial charge in [0.2, 0.25) is 11.8 Å². The summed E-state index contributed by atoms with van der Waals surface area (Å²) in [6.45, 7) is 10.3. The number of allylic oxidation sites excluding steroid dienone is 1. The molecule has 0 aromatic heterocycles. The van der Waals surface area contributed by atoms with Gasteiger partial charge in [-0.05, 0) is 44.1 Å². The van der Waals surface area contributed by atoms with Crippen LogP contribution in [0.15, 0.2) is 55.6 Å². The van der Waals surface area contributed by atoms with E-state index >= 15 is 0 Å². The lowest BCUT2D eigenvalue weighted by atomic mass is 9.71. The molecule has 6 atom stereocenters. The SMILES string of the molecule is C=CCCCCOC(=O)[C@@H]1[C@H]2C(=O)N([C@@H](CC)CO)C(C(=O)N(CC=C)Cc3ccccc3)C23CC[C@H]1S3. The fraction of sp³-hybridized carbons (Fsp3) is 0.567. The number of unbranched alkanes of at least 4 members (excludes halogenated alkanes) is 2. The fourth-order valence-corrected chi connectivity index (χ4v) is 8.66. The molecule has 1 aromatic carbocycles. The van der Waals surface area contributed by atoms with Gasteiger partial charge < -0.3 is 19.6 Å². The van der Waals surface area contributed by atoms with Gasteiger partial charge >= 0.3 is 5.97 Å². The summed E-state index contributed by atoms with van der Waals surface area (Å²) in [5, 5.41) is 10.2. The first kappa shape index (κ1) is 28.4. The van der Waals surface area contributed by atoms with Gasteiger partial charge in [-0.2, -0.15) is 0 Å². The van der Waals surface area contributed by atoms with Crippen LogP contribution in [0.3, 0.4) is 0 Å². The third-order valence-corrected chi connectivity index (χ3v) is 10.2. The molecule has 206 valence electrons. The largest absolute Gasteiger partial charge is 0.465 e. The summed E-state index contributed by atoms with van der Waals surface area (Å²) in [4.78, 5) is 45.2. The zero-order valence-corrected chi connectivity index (χ0v) is 23.1. The number of hydrogen-bond donors (Lipinski definition) is 1. The molecular formula is C30H40N2O5S. The highest BCUT2D eigenvalue weighted by molar-refractivity contribution is 8.02. The number of nitrogens with zero attached hydrogens (tertiary/aromatic N) is 2. The van der Waals surface area contributed by atoms with Crippen molar-refractivity contribution < 1.29 is 24.2 Å². The number of likely N-dealkylation sites (tertiary alicyclic amines) is 1. The van der Waals surface area contributed by atoms with Crippen molar-refractivity contribution in [3.8, 4) is 0 Å². The maximum Gasteiger partial charge on any atom is 0.310 e. The van der Waals surface area contributed by atoms with Gasteiger partial charge in [0, 0.05) is 18.3 Å². The number of aliphatic hydroxyl groups is 1. The summed E-state index contributed by atoms with van der Waals surface area (Å²) in [6.07, 6.45) is 8.02. The van der Waals surface area contributed by atoms with Crippen molar-refractivity contribution >= 4 is 29.5 Å². The molecule has 0 saturated carbocycles. The maximum atomic E-state index is 14.4. The van der Waals surface area contributed by atoms with Crippen molar-refractivity contribution in [2.45, 2.75) is 74.1 Å². The van der Waals surface area contributed by atoms with E-state index in [1.807, 2.05) is 43.3 Å². The van der Waals surface area contributed by atoms with E-state index in [1.54, 1.807) is 27.6 Å². The first-order valence-corrected chi connectivity index (χ1v) is 14.6. The van der Waals surface area contributed by atoms with Gasteiger partial charge in [-0.25, -0.2) is 0 Å². The Bertz CT molecular complexity index is 1030. The van der Waals surface area contributed by atoms with E-state index in [9.17, 15) is 19.5 Å². The Labute approximate surface area is 230 Å². The molecule has 8 heteroatoms. The van der Waals surface area contributed by atoms with E-state index in [4.69, 9.17) is 4.74 Å². The van der Waals surface area contributed by atoms with Gasteiger partial charge in [-0.3, -0.25) is 14.4 Å². The second kappa shape index (κ2) is 12.5. The lowest BCUT2D eigenvalue weighted by Crippen LogP contribution is -2.57. The van der Waals surface area contributed by atoms with Crippen LogP contribution in [0.2, 0.25) is 0 Å². The van der Waals surface area contributed by atoms with Crippen LogP contribution in [0.1, 0.15) is 51.0 Å². The molecule has 3 heterocycles. The number of amides is 2. The number of fused-ring (bicyclic) bond motifs is 1. The number of hydrogen-bond acceptors (Lipinski definition) is 6. The molecule has 3 aliphatic heterocycles. The van der Waals surface area contributed by atoms with E-state index in [1.165, 1.54) is 0 Å². The first-order chi connectivity index (χ1) is 18.4. The van der Waals surface area contributed by atoms with Crippen molar-refractivity contribution in [1.29, 1.82) is 0 Å². The quantitative estimate of drug-likeness (QED) is 0.218. The molecule has 3 saturated heterocycles. The molecule has 7 nitrogen and oxygen atoms in total. The molecule has 2 amide bonds. The highest BCUT2D eigenvalue weighted by atomic mass is 32.2. The number of rotatable bonds is 14. The van der Waals surface area contributed by atoms with Crippen LogP contribution in [0.25, 0.3) is 0 Å². The molecule has 1 N–H and O–H groups in total. The van der Waals surface area contributed by atoms with Gasteiger partial charge in [0.1, 0.15) is 6.04 Å². The van der Waals surface area contributed by atoms with Gasteiger partial charge in [0.05, 0.1) is 35.8 Å². The molecule has 2 bridgehead atoms. The zero-order chi connectivity index (χ0) is 27.3. The average Bonchev–Trinajstić information content (AvgIpc) is 3.57. The van der Waals surface area contributed by atoms with E-state index in [0.717, 1.165) is 31.2 Å². The second-order valence-electron chi connectivity index (χ2n) is 10.5. The monoisotopic (exact) mass is 540 g/mol. The summed E-state index contributed by atoms with van der Waals surface area (Å²) < 4.78 is 4.97. The van der Waals surface area contributed by atoms with Crippen molar-refractivity contribution in [3.63, 3.8) is 0 Å². The normalized spacial score (nSPS) is 28.2. The Morgan fingerprint density at radius 3 is 2.68 bits per heavy atom. The lowest BCUT2D eigenvalue weighted by Gasteiger charge is -2.39. The predicted octanol–water partition coefficient (Wildman–Crippen LogP) is 3.96. The lowest BCUT2D eigenvalue weighted by molar-refractivity contribution is -0.154. The maximum absolute atomic E-state index is 14.4.